The van der Waals surface area contributed by atoms with Gasteiger partial charge in [-0.25, -0.2) is 0 Å². The maximum Gasteiger partial charge on any atom is 0.573 e. The summed E-state index contributed by atoms with van der Waals surface area (Å²) in [5.74, 6) is -0.856. The van der Waals surface area contributed by atoms with Crippen LogP contribution in [0, 0.1) is 0 Å². The molecular weight excluding hydrogens is 534 g/mol. The van der Waals surface area contributed by atoms with Crippen LogP contribution in [-0.2, 0) is 16.5 Å². The van der Waals surface area contributed by atoms with E-state index in [0.29, 0.717) is 30.5 Å². The highest BCUT2D eigenvalue weighted by molar-refractivity contribution is 5.83. The number of rotatable bonds is 5. The summed E-state index contributed by atoms with van der Waals surface area (Å²) in [6.07, 6.45) is -5.87. The van der Waals surface area contributed by atoms with Gasteiger partial charge >= 0.3 is 12.5 Å². The van der Waals surface area contributed by atoms with E-state index in [9.17, 15) is 36.2 Å². The van der Waals surface area contributed by atoms with Gasteiger partial charge in [-0.2, -0.15) is 18.3 Å². The Morgan fingerprint density at radius 1 is 1.10 bits per heavy atom. The van der Waals surface area contributed by atoms with Crippen LogP contribution in [0.4, 0.5) is 26.3 Å². The Bertz CT molecular complexity index is 1420. The number of amides is 1. The first kappa shape index (κ1) is 25.5. The molecule has 3 aliphatic carbocycles. The van der Waals surface area contributed by atoms with Crippen LogP contribution < -0.4 is 14.8 Å². The Balaban J connectivity index is 1.07. The number of carbonyl (C=O) groups is 1. The van der Waals surface area contributed by atoms with E-state index in [0.717, 1.165) is 30.5 Å². The molecule has 0 radical (unpaired) electrons. The number of aliphatic hydroxyl groups excluding tert-OH is 1. The van der Waals surface area contributed by atoms with E-state index < -0.39 is 47.5 Å². The van der Waals surface area contributed by atoms with Crippen LogP contribution in [0.25, 0.3) is 11.3 Å². The number of carbonyl (C=O) groups excluding carboxylic acids is 1. The van der Waals surface area contributed by atoms with Gasteiger partial charge in [0.1, 0.15) is 11.5 Å². The molecule has 0 unspecified atom stereocenters. The lowest BCUT2D eigenvalue weighted by atomic mass is 9.44. The summed E-state index contributed by atoms with van der Waals surface area (Å²) in [5, 5.41) is 17.7. The smallest absolute Gasteiger partial charge is 0.480 e. The minimum Gasteiger partial charge on any atom is -0.480 e. The van der Waals surface area contributed by atoms with Crippen molar-refractivity contribution < 1.29 is 45.7 Å². The molecule has 206 valence electrons. The van der Waals surface area contributed by atoms with Crippen molar-refractivity contribution in [3.05, 3.63) is 60.0 Å². The van der Waals surface area contributed by atoms with E-state index in [1.807, 2.05) is 0 Å². The Morgan fingerprint density at radius 3 is 2.49 bits per heavy atom. The minimum atomic E-state index is -4.81. The second-order valence-electron chi connectivity index (χ2n) is 10.2. The molecule has 7 rings (SSSR count). The van der Waals surface area contributed by atoms with Crippen molar-refractivity contribution in [2.75, 3.05) is 0 Å². The number of halogens is 6. The molecule has 1 amide bonds. The Kier molecular flexibility index (Phi) is 5.45. The van der Waals surface area contributed by atoms with E-state index >= 15 is 0 Å². The number of nitrogens with one attached hydrogen (secondary N) is 1. The highest BCUT2D eigenvalue weighted by Crippen LogP contribution is 2.65. The molecular formula is C25H20F6N4O4. The molecule has 2 bridgehead atoms. The van der Waals surface area contributed by atoms with Crippen molar-refractivity contribution in [2.45, 2.75) is 61.5 Å². The molecule has 3 aromatic rings. The molecule has 0 saturated heterocycles. The number of hydrogen-bond acceptors (Lipinski definition) is 6. The lowest BCUT2D eigenvalue weighted by molar-refractivity contribution is -0.274. The maximum absolute atomic E-state index is 13.0. The zero-order chi connectivity index (χ0) is 27.8. The summed E-state index contributed by atoms with van der Waals surface area (Å²) in [7, 11) is 0. The van der Waals surface area contributed by atoms with E-state index in [1.165, 1.54) is 6.07 Å². The molecule has 39 heavy (non-hydrogen) atoms. The Morgan fingerprint density at radius 2 is 1.85 bits per heavy atom. The first-order valence-corrected chi connectivity index (χ1v) is 11.9. The first-order chi connectivity index (χ1) is 18.2. The summed E-state index contributed by atoms with van der Waals surface area (Å²) in [4.78, 5) is 16.9. The summed E-state index contributed by atoms with van der Waals surface area (Å²) in [5.41, 5.74) is -0.694. The highest BCUT2D eigenvalue weighted by Gasteiger charge is 2.70. The van der Waals surface area contributed by atoms with Crippen molar-refractivity contribution >= 4 is 5.91 Å². The summed E-state index contributed by atoms with van der Waals surface area (Å²) < 4.78 is 87.2. The molecule has 4 aliphatic rings. The second-order valence-corrected chi connectivity index (χ2v) is 10.2. The average Bonchev–Trinajstić information content (AvgIpc) is 3.28. The van der Waals surface area contributed by atoms with E-state index in [4.69, 9.17) is 4.74 Å². The SMILES string of the molecule is O=C(NC12CC(n3cc(-c4ccc(OC(F)(F)F)cn4)cn3)(C1)C2)[C@@H]1C[C@@H](O)c2cc(C(F)(F)F)ccc2O1. The van der Waals surface area contributed by atoms with E-state index in [-0.39, 0.29) is 23.3 Å². The van der Waals surface area contributed by atoms with Gasteiger partial charge in [-0.1, -0.05) is 0 Å². The number of fused-ring (bicyclic) bond motifs is 1. The quantitative estimate of drug-likeness (QED) is 0.451. The number of ether oxygens (including phenoxy) is 2. The van der Waals surface area contributed by atoms with Crippen molar-refractivity contribution in [3.63, 3.8) is 0 Å². The minimum absolute atomic E-state index is 0.00941. The van der Waals surface area contributed by atoms with Crippen LogP contribution in [0.2, 0.25) is 0 Å². The van der Waals surface area contributed by atoms with Crippen LogP contribution >= 0.6 is 0 Å². The summed E-state index contributed by atoms with van der Waals surface area (Å²) in [6.45, 7) is 0. The number of aromatic nitrogens is 3. The van der Waals surface area contributed by atoms with Gasteiger partial charge in [0, 0.05) is 29.3 Å². The van der Waals surface area contributed by atoms with Gasteiger partial charge < -0.3 is 19.9 Å². The summed E-state index contributed by atoms with van der Waals surface area (Å²) in [6, 6.07) is 5.34. The molecule has 1 aromatic carbocycles. The lowest BCUT2D eigenvalue weighted by Crippen LogP contribution is -2.79. The van der Waals surface area contributed by atoms with Gasteiger partial charge in [-0.05, 0) is 49.6 Å². The van der Waals surface area contributed by atoms with Gasteiger partial charge in [0.05, 0.1) is 35.3 Å². The van der Waals surface area contributed by atoms with Gasteiger partial charge in [0.2, 0.25) is 0 Å². The fraction of sp³-hybridized carbons (Fsp3) is 0.400. The maximum atomic E-state index is 13.0. The van der Waals surface area contributed by atoms with Gasteiger partial charge in [0.25, 0.3) is 5.91 Å². The molecule has 14 heteroatoms. The van der Waals surface area contributed by atoms with E-state index in [1.54, 1.807) is 17.1 Å². The number of nitrogens with zero attached hydrogens (tertiary/aromatic N) is 3. The fourth-order valence-corrected chi connectivity index (χ4v) is 5.70. The molecule has 2 N–H and O–H groups in total. The van der Waals surface area contributed by atoms with Crippen molar-refractivity contribution in [3.8, 4) is 22.8 Å². The van der Waals surface area contributed by atoms with Crippen molar-refractivity contribution in [2.24, 2.45) is 0 Å². The molecule has 3 fully saturated rings. The predicted octanol–water partition coefficient (Wildman–Crippen LogP) is 4.50. The topological polar surface area (TPSA) is 98.5 Å². The van der Waals surface area contributed by atoms with Gasteiger partial charge in [0.15, 0.2) is 6.10 Å². The third kappa shape index (κ3) is 4.56. The Labute approximate surface area is 216 Å². The van der Waals surface area contributed by atoms with Gasteiger partial charge in [-0.15, -0.1) is 13.2 Å². The molecule has 2 atom stereocenters. The molecule has 3 saturated carbocycles. The zero-order valence-electron chi connectivity index (χ0n) is 19.9. The molecule has 0 spiro atoms. The van der Waals surface area contributed by atoms with Crippen LogP contribution in [0.5, 0.6) is 11.5 Å². The number of aliphatic hydroxyl groups is 1. The van der Waals surface area contributed by atoms with Crippen LogP contribution in [0.1, 0.15) is 42.9 Å². The normalized spacial score (nSPS) is 27.5. The predicted molar refractivity (Wildman–Crippen MR) is 120 cm³/mol. The number of alkyl halides is 6. The molecule has 8 nitrogen and oxygen atoms in total. The number of hydrogen-bond donors (Lipinski definition) is 2. The summed E-state index contributed by atoms with van der Waals surface area (Å²) >= 11 is 0. The lowest BCUT2D eigenvalue weighted by Gasteiger charge is -2.70. The van der Waals surface area contributed by atoms with Crippen LogP contribution in [0.15, 0.2) is 48.9 Å². The Hall–Kier alpha value is -3.81. The van der Waals surface area contributed by atoms with Crippen molar-refractivity contribution in [1.82, 2.24) is 20.1 Å². The van der Waals surface area contributed by atoms with Gasteiger partial charge in [-0.3, -0.25) is 14.5 Å². The largest absolute Gasteiger partial charge is 0.573 e. The number of pyridine rings is 1. The second kappa shape index (κ2) is 8.34. The van der Waals surface area contributed by atoms with Crippen LogP contribution in [-0.4, -0.2) is 43.8 Å². The fourth-order valence-electron chi connectivity index (χ4n) is 5.70. The molecule has 1 aliphatic heterocycles. The number of benzene rings is 1. The standard InChI is InChI=1S/C25H20F6N4O4/c26-24(27,28)14-1-4-19-16(5-14)18(36)6-20(38-19)21(37)34-22-10-23(11-22,12-22)35-9-13(7-33-35)17-3-2-15(8-32-17)39-25(29,30)31/h1-5,7-9,18,20,36H,6,10-12H2,(H,34,37)/t18-,20+,22?,23?/m1/s1. The third-order valence-electron chi connectivity index (χ3n) is 7.42. The average molecular weight is 554 g/mol. The first-order valence-electron chi connectivity index (χ1n) is 11.9. The zero-order valence-corrected chi connectivity index (χ0v) is 19.9. The monoisotopic (exact) mass is 554 g/mol. The van der Waals surface area contributed by atoms with Crippen molar-refractivity contribution in [1.29, 1.82) is 0 Å². The third-order valence-corrected chi connectivity index (χ3v) is 7.42. The van der Waals surface area contributed by atoms with Crippen LogP contribution in [0.3, 0.4) is 0 Å². The van der Waals surface area contributed by atoms with E-state index in [2.05, 4.69) is 20.1 Å². The highest BCUT2D eigenvalue weighted by atomic mass is 19.4. The molecule has 2 aromatic heterocycles. The molecule has 3 heterocycles.